The third kappa shape index (κ3) is 3.43. The minimum atomic E-state index is 0.150. The second-order valence-corrected chi connectivity index (χ2v) is 6.71. The number of carbonyl (C=O) groups excluding carboxylic acids is 1. The third-order valence-corrected chi connectivity index (χ3v) is 5.27. The SMILES string of the molecule is NC[C@H]1CCC[C@H]1C(=O)NCC1CCN(c2ccccc2)C1. The zero-order valence-electron chi connectivity index (χ0n) is 13.2. The molecule has 4 nitrogen and oxygen atoms in total. The topological polar surface area (TPSA) is 58.4 Å². The van der Waals surface area contributed by atoms with Gasteiger partial charge in [0.25, 0.3) is 0 Å². The maximum absolute atomic E-state index is 12.3. The lowest BCUT2D eigenvalue weighted by atomic mass is 9.95. The number of carbonyl (C=O) groups is 1. The molecular weight excluding hydrogens is 274 g/mol. The summed E-state index contributed by atoms with van der Waals surface area (Å²) in [5.41, 5.74) is 7.06. The van der Waals surface area contributed by atoms with Crippen LogP contribution in [-0.4, -0.2) is 32.1 Å². The van der Waals surface area contributed by atoms with Gasteiger partial charge in [-0.15, -0.1) is 0 Å². The van der Waals surface area contributed by atoms with E-state index in [0.717, 1.165) is 45.3 Å². The van der Waals surface area contributed by atoms with Crippen LogP contribution in [0, 0.1) is 17.8 Å². The smallest absolute Gasteiger partial charge is 0.223 e. The second kappa shape index (κ2) is 7.14. The summed E-state index contributed by atoms with van der Waals surface area (Å²) in [4.78, 5) is 14.8. The summed E-state index contributed by atoms with van der Waals surface area (Å²) in [7, 11) is 0. The number of nitrogens with zero attached hydrogens (tertiary/aromatic N) is 1. The predicted octanol–water partition coefficient (Wildman–Crippen LogP) is 2.00. The quantitative estimate of drug-likeness (QED) is 0.874. The first-order valence-corrected chi connectivity index (χ1v) is 8.55. The van der Waals surface area contributed by atoms with E-state index in [2.05, 4.69) is 34.5 Å². The Morgan fingerprint density at radius 3 is 2.82 bits per heavy atom. The van der Waals surface area contributed by atoms with E-state index in [9.17, 15) is 4.79 Å². The molecule has 1 unspecified atom stereocenters. The molecule has 120 valence electrons. The maximum atomic E-state index is 12.3. The van der Waals surface area contributed by atoms with Gasteiger partial charge in [0.1, 0.15) is 0 Å². The zero-order valence-corrected chi connectivity index (χ0v) is 13.2. The summed E-state index contributed by atoms with van der Waals surface area (Å²) < 4.78 is 0. The summed E-state index contributed by atoms with van der Waals surface area (Å²) in [5.74, 6) is 1.33. The molecule has 2 fully saturated rings. The Labute approximate surface area is 133 Å². The Kier molecular flexibility index (Phi) is 4.98. The largest absolute Gasteiger partial charge is 0.371 e. The van der Waals surface area contributed by atoms with Crippen molar-refractivity contribution in [1.29, 1.82) is 0 Å². The van der Waals surface area contributed by atoms with Crippen molar-refractivity contribution >= 4 is 11.6 Å². The number of amides is 1. The van der Waals surface area contributed by atoms with Gasteiger partial charge in [-0.2, -0.15) is 0 Å². The zero-order chi connectivity index (χ0) is 15.4. The van der Waals surface area contributed by atoms with Crippen LogP contribution in [0.2, 0.25) is 0 Å². The van der Waals surface area contributed by atoms with Gasteiger partial charge in [0, 0.05) is 31.2 Å². The molecular formula is C18H27N3O. The maximum Gasteiger partial charge on any atom is 0.223 e. The highest BCUT2D eigenvalue weighted by Gasteiger charge is 2.32. The molecule has 0 spiro atoms. The number of rotatable bonds is 5. The van der Waals surface area contributed by atoms with E-state index < -0.39 is 0 Å². The fraction of sp³-hybridized carbons (Fsp3) is 0.611. The summed E-state index contributed by atoms with van der Waals surface area (Å²) in [6, 6.07) is 10.5. The average Bonchev–Trinajstić information content (AvgIpc) is 3.22. The molecule has 1 aliphatic carbocycles. The van der Waals surface area contributed by atoms with E-state index in [1.165, 1.54) is 5.69 Å². The lowest BCUT2D eigenvalue weighted by Gasteiger charge is -2.20. The minimum absolute atomic E-state index is 0.150. The molecule has 1 saturated heterocycles. The van der Waals surface area contributed by atoms with Crippen molar-refractivity contribution in [2.45, 2.75) is 25.7 Å². The summed E-state index contributed by atoms with van der Waals surface area (Å²) >= 11 is 0. The van der Waals surface area contributed by atoms with Crippen molar-refractivity contribution < 1.29 is 4.79 Å². The summed E-state index contributed by atoms with van der Waals surface area (Å²) in [5, 5.41) is 3.18. The fourth-order valence-corrected chi connectivity index (χ4v) is 3.91. The normalized spacial score (nSPS) is 28.0. The van der Waals surface area contributed by atoms with Gasteiger partial charge >= 0.3 is 0 Å². The van der Waals surface area contributed by atoms with Crippen LogP contribution in [0.3, 0.4) is 0 Å². The molecule has 2 aliphatic rings. The van der Waals surface area contributed by atoms with E-state index in [4.69, 9.17) is 5.73 Å². The first-order chi connectivity index (χ1) is 10.8. The molecule has 1 heterocycles. The van der Waals surface area contributed by atoms with Gasteiger partial charge in [0.2, 0.25) is 5.91 Å². The van der Waals surface area contributed by atoms with Crippen LogP contribution in [0.4, 0.5) is 5.69 Å². The second-order valence-electron chi connectivity index (χ2n) is 6.71. The van der Waals surface area contributed by atoms with E-state index in [1.54, 1.807) is 0 Å². The number of anilines is 1. The number of hydrogen-bond donors (Lipinski definition) is 2. The lowest BCUT2D eigenvalue weighted by molar-refractivity contribution is -0.126. The first kappa shape index (κ1) is 15.3. The molecule has 4 heteroatoms. The molecule has 1 aromatic carbocycles. The van der Waals surface area contributed by atoms with Crippen LogP contribution < -0.4 is 16.0 Å². The Bertz CT molecular complexity index is 490. The summed E-state index contributed by atoms with van der Waals surface area (Å²) in [6.45, 7) is 3.56. The molecule has 1 saturated carbocycles. The van der Waals surface area contributed by atoms with Crippen molar-refractivity contribution in [3.05, 3.63) is 30.3 Å². The van der Waals surface area contributed by atoms with Crippen molar-refractivity contribution in [2.75, 3.05) is 31.1 Å². The van der Waals surface area contributed by atoms with Gasteiger partial charge in [0.05, 0.1) is 0 Å². The number of benzene rings is 1. The molecule has 22 heavy (non-hydrogen) atoms. The van der Waals surface area contributed by atoms with Gasteiger partial charge in [0.15, 0.2) is 0 Å². The molecule has 3 rings (SSSR count). The highest BCUT2D eigenvalue weighted by molar-refractivity contribution is 5.79. The Morgan fingerprint density at radius 1 is 1.23 bits per heavy atom. The highest BCUT2D eigenvalue weighted by atomic mass is 16.1. The molecule has 1 aliphatic heterocycles. The highest BCUT2D eigenvalue weighted by Crippen LogP contribution is 2.31. The van der Waals surface area contributed by atoms with Gasteiger partial charge in [-0.3, -0.25) is 4.79 Å². The molecule has 1 amide bonds. The van der Waals surface area contributed by atoms with Crippen LogP contribution in [0.5, 0.6) is 0 Å². The minimum Gasteiger partial charge on any atom is -0.371 e. The molecule has 3 atom stereocenters. The monoisotopic (exact) mass is 301 g/mol. The molecule has 0 aromatic heterocycles. The summed E-state index contributed by atoms with van der Waals surface area (Å²) in [6.07, 6.45) is 4.42. The number of para-hydroxylation sites is 1. The first-order valence-electron chi connectivity index (χ1n) is 8.55. The molecule has 0 bridgehead atoms. The van der Waals surface area contributed by atoms with Crippen LogP contribution in [-0.2, 0) is 4.79 Å². The van der Waals surface area contributed by atoms with Gasteiger partial charge in [-0.05, 0) is 49.8 Å². The number of nitrogens with two attached hydrogens (primary N) is 1. The van der Waals surface area contributed by atoms with Crippen LogP contribution in [0.25, 0.3) is 0 Å². The van der Waals surface area contributed by atoms with Crippen molar-refractivity contribution in [3.63, 3.8) is 0 Å². The molecule has 0 radical (unpaired) electrons. The Hall–Kier alpha value is -1.55. The van der Waals surface area contributed by atoms with E-state index in [-0.39, 0.29) is 11.8 Å². The Balaban J connectivity index is 1.46. The Morgan fingerprint density at radius 2 is 2.05 bits per heavy atom. The number of hydrogen-bond acceptors (Lipinski definition) is 3. The van der Waals surface area contributed by atoms with Crippen molar-refractivity contribution in [2.24, 2.45) is 23.5 Å². The van der Waals surface area contributed by atoms with E-state index in [1.807, 2.05) is 6.07 Å². The fourth-order valence-electron chi connectivity index (χ4n) is 3.91. The predicted molar refractivity (Wildman–Crippen MR) is 89.7 cm³/mol. The number of nitrogens with one attached hydrogen (secondary N) is 1. The van der Waals surface area contributed by atoms with E-state index in [0.29, 0.717) is 18.4 Å². The molecule has 1 aromatic rings. The van der Waals surface area contributed by atoms with Crippen LogP contribution >= 0.6 is 0 Å². The van der Waals surface area contributed by atoms with Gasteiger partial charge in [-0.25, -0.2) is 0 Å². The lowest BCUT2D eigenvalue weighted by Crippen LogP contribution is -2.38. The average molecular weight is 301 g/mol. The van der Waals surface area contributed by atoms with Crippen LogP contribution in [0.15, 0.2) is 30.3 Å². The van der Waals surface area contributed by atoms with Crippen molar-refractivity contribution in [3.8, 4) is 0 Å². The van der Waals surface area contributed by atoms with Gasteiger partial charge in [-0.1, -0.05) is 24.6 Å². The molecule has 3 N–H and O–H groups in total. The van der Waals surface area contributed by atoms with Crippen LogP contribution in [0.1, 0.15) is 25.7 Å². The standard InChI is InChI=1S/C18H27N3O/c19-11-15-5-4-8-17(15)18(22)20-12-14-9-10-21(13-14)16-6-2-1-3-7-16/h1-3,6-7,14-15,17H,4-5,8-13,19H2,(H,20,22)/t14?,15-,17-/m1/s1. The van der Waals surface area contributed by atoms with E-state index >= 15 is 0 Å². The van der Waals surface area contributed by atoms with Gasteiger partial charge < -0.3 is 16.0 Å². The van der Waals surface area contributed by atoms with Crippen molar-refractivity contribution in [1.82, 2.24) is 5.32 Å². The third-order valence-electron chi connectivity index (χ3n) is 5.27.